The molecule has 0 aliphatic carbocycles. The molecule has 17 heavy (non-hydrogen) atoms. The number of carbonyl (C=O) groups excluding carboxylic acids is 1. The van der Waals surface area contributed by atoms with E-state index in [1.54, 1.807) is 0 Å². The normalized spacial score (nSPS) is 11.9. The van der Waals surface area contributed by atoms with Crippen LogP contribution < -0.4 is 0 Å². The zero-order valence-corrected chi connectivity index (χ0v) is 10.1. The Morgan fingerprint density at radius 1 is 1.41 bits per heavy atom. The van der Waals surface area contributed by atoms with Gasteiger partial charge < -0.3 is 4.74 Å². The molecule has 0 bridgehead atoms. The summed E-state index contributed by atoms with van der Waals surface area (Å²) in [6.45, 7) is 1.18. The molecule has 0 aliphatic heterocycles. The Morgan fingerprint density at radius 3 is 2.59 bits per heavy atom. The van der Waals surface area contributed by atoms with E-state index in [1.807, 2.05) is 30.3 Å². The summed E-state index contributed by atoms with van der Waals surface area (Å²) in [5.74, 6) is -0.869. The molecule has 0 heterocycles. The maximum absolute atomic E-state index is 10.7. The minimum Gasteiger partial charge on any atom is -0.390 e. The van der Waals surface area contributed by atoms with Gasteiger partial charge in [-0.3, -0.25) is 4.79 Å². The van der Waals surface area contributed by atoms with Crippen molar-refractivity contribution in [3.05, 3.63) is 47.9 Å². The minimum absolute atomic E-state index is 0.259. The zero-order chi connectivity index (χ0) is 12.7. The third-order valence-electron chi connectivity index (χ3n) is 1.76. The quantitative estimate of drug-likeness (QED) is 0.496. The summed E-state index contributed by atoms with van der Waals surface area (Å²) >= 11 is 0. The number of rotatable bonds is 5. The monoisotopic (exact) mass is 255 g/mol. The highest BCUT2D eigenvalue weighted by atomic mass is 31.1. The van der Waals surface area contributed by atoms with Crippen molar-refractivity contribution < 1.29 is 23.5 Å². The highest BCUT2D eigenvalue weighted by Gasteiger charge is 2.19. The maximum atomic E-state index is 10.7. The van der Waals surface area contributed by atoms with Crippen LogP contribution in [0.15, 0.2) is 42.4 Å². The Morgan fingerprint density at radius 2 is 2.06 bits per heavy atom. The summed E-state index contributed by atoms with van der Waals surface area (Å²) in [6.07, 6.45) is 1.87. The van der Waals surface area contributed by atoms with Gasteiger partial charge in [0.15, 0.2) is 0 Å². The van der Waals surface area contributed by atoms with Crippen LogP contribution in [0.25, 0.3) is 0 Å². The van der Waals surface area contributed by atoms with Gasteiger partial charge in [-0.25, -0.2) is 0 Å². The van der Waals surface area contributed by atoms with E-state index in [2.05, 4.69) is 9.26 Å². The summed E-state index contributed by atoms with van der Waals surface area (Å²) in [4.78, 5) is 19.3. The van der Waals surface area contributed by atoms with E-state index >= 15 is 0 Å². The second kappa shape index (κ2) is 6.78. The molecular formula is C11H12O5P+. The molecule has 0 aliphatic rings. The maximum Gasteiger partial charge on any atom is 0.750 e. The van der Waals surface area contributed by atoms with Gasteiger partial charge in [-0.1, -0.05) is 30.3 Å². The molecule has 1 atom stereocenters. The van der Waals surface area contributed by atoms with Crippen LogP contribution in [0.4, 0.5) is 0 Å². The van der Waals surface area contributed by atoms with Crippen molar-refractivity contribution in [3.8, 4) is 0 Å². The third kappa shape index (κ3) is 5.80. The molecule has 0 fully saturated rings. The van der Waals surface area contributed by atoms with E-state index in [1.165, 1.54) is 13.0 Å². The molecule has 0 spiro atoms. The highest BCUT2D eigenvalue weighted by molar-refractivity contribution is 7.32. The predicted molar refractivity (Wildman–Crippen MR) is 60.9 cm³/mol. The molecule has 0 amide bonds. The van der Waals surface area contributed by atoms with Crippen LogP contribution in [-0.4, -0.2) is 10.9 Å². The van der Waals surface area contributed by atoms with Crippen LogP contribution in [0.3, 0.4) is 0 Å². The molecule has 1 N–H and O–H groups in total. The highest BCUT2D eigenvalue weighted by Crippen LogP contribution is 2.21. The lowest BCUT2D eigenvalue weighted by Gasteiger charge is -1.99. The van der Waals surface area contributed by atoms with Crippen LogP contribution in [0.1, 0.15) is 12.5 Å². The number of esters is 1. The second-order valence-corrected chi connectivity index (χ2v) is 3.79. The first-order valence-corrected chi connectivity index (χ1v) is 5.97. The molecule has 0 saturated carbocycles. The van der Waals surface area contributed by atoms with E-state index in [0.29, 0.717) is 6.42 Å². The van der Waals surface area contributed by atoms with E-state index < -0.39 is 14.2 Å². The van der Waals surface area contributed by atoms with Crippen LogP contribution in [0.2, 0.25) is 0 Å². The van der Waals surface area contributed by atoms with Crippen molar-refractivity contribution in [2.75, 3.05) is 0 Å². The molecule has 6 heteroatoms. The Hall–Kier alpha value is -1.71. The molecule has 0 saturated heterocycles. The Kier molecular flexibility index (Phi) is 5.33. The summed E-state index contributed by atoms with van der Waals surface area (Å²) in [7, 11) is -2.85. The van der Waals surface area contributed by atoms with Crippen LogP contribution in [-0.2, 0) is 25.0 Å². The molecule has 0 aromatic heterocycles. The van der Waals surface area contributed by atoms with Gasteiger partial charge >= 0.3 is 20.2 Å². The number of benzene rings is 1. The molecule has 1 rings (SSSR count). The molecule has 1 unspecified atom stereocenters. The van der Waals surface area contributed by atoms with Crippen LogP contribution >= 0.6 is 8.25 Å². The molecule has 90 valence electrons. The van der Waals surface area contributed by atoms with Crippen molar-refractivity contribution in [1.29, 1.82) is 0 Å². The first kappa shape index (κ1) is 13.4. The minimum atomic E-state index is -2.85. The smallest absolute Gasteiger partial charge is 0.390 e. The SMILES string of the molecule is CC(=O)OC(=CCc1ccccc1)O[P+](=O)O. The van der Waals surface area contributed by atoms with Crippen molar-refractivity contribution >= 4 is 14.2 Å². The number of carbonyl (C=O) groups is 1. The number of hydrogen-bond donors (Lipinski definition) is 1. The van der Waals surface area contributed by atoms with Gasteiger partial charge in [0.05, 0.1) is 0 Å². The van der Waals surface area contributed by atoms with Gasteiger partial charge in [0.25, 0.3) is 0 Å². The molecule has 1 aromatic rings. The topological polar surface area (TPSA) is 72.8 Å². The summed E-state index contributed by atoms with van der Waals surface area (Å²) in [5.41, 5.74) is 0.967. The Balaban J connectivity index is 2.68. The zero-order valence-electron chi connectivity index (χ0n) is 9.20. The number of ether oxygens (including phenoxy) is 1. The van der Waals surface area contributed by atoms with E-state index in [4.69, 9.17) is 4.89 Å². The summed E-state index contributed by atoms with van der Waals surface area (Å²) in [6, 6.07) is 9.35. The molecule has 0 radical (unpaired) electrons. The van der Waals surface area contributed by atoms with Crippen LogP contribution in [0.5, 0.6) is 0 Å². The van der Waals surface area contributed by atoms with Gasteiger partial charge in [0, 0.05) is 17.6 Å². The molecule has 1 aromatic carbocycles. The van der Waals surface area contributed by atoms with Gasteiger partial charge in [-0.05, 0) is 12.0 Å². The lowest BCUT2D eigenvalue weighted by Crippen LogP contribution is -2.00. The second-order valence-electron chi connectivity index (χ2n) is 3.14. The summed E-state index contributed by atoms with van der Waals surface area (Å²) < 4.78 is 19.6. The lowest BCUT2D eigenvalue weighted by molar-refractivity contribution is -0.140. The van der Waals surface area contributed by atoms with Crippen molar-refractivity contribution in [3.63, 3.8) is 0 Å². The van der Waals surface area contributed by atoms with E-state index in [9.17, 15) is 9.36 Å². The number of allylic oxidation sites excluding steroid dienone is 1. The van der Waals surface area contributed by atoms with Gasteiger partial charge in [0.2, 0.25) is 0 Å². The first-order chi connectivity index (χ1) is 8.08. The standard InChI is InChI=1S/C11H11O5P/c1-9(12)15-11(16-17(13)14)8-7-10-5-3-2-4-6-10/h2-6,8H,7H2,1H3/p+1. The Labute approximate surface area is 99.6 Å². The predicted octanol–water partition coefficient (Wildman–Crippen LogP) is 2.30. The fraction of sp³-hybridized carbons (Fsp3) is 0.182. The average molecular weight is 255 g/mol. The average Bonchev–Trinajstić information content (AvgIpc) is 2.26. The van der Waals surface area contributed by atoms with E-state index in [0.717, 1.165) is 5.56 Å². The number of hydrogen-bond acceptors (Lipinski definition) is 4. The molecule has 5 nitrogen and oxygen atoms in total. The lowest BCUT2D eigenvalue weighted by atomic mass is 10.1. The van der Waals surface area contributed by atoms with Crippen molar-refractivity contribution in [1.82, 2.24) is 0 Å². The Bertz CT molecular complexity index is 409. The van der Waals surface area contributed by atoms with Gasteiger partial charge in [0.1, 0.15) is 0 Å². The van der Waals surface area contributed by atoms with Gasteiger partial charge in [-0.2, -0.15) is 4.52 Å². The fourth-order valence-electron chi connectivity index (χ4n) is 1.13. The van der Waals surface area contributed by atoms with Gasteiger partial charge in [-0.15, -0.1) is 4.89 Å². The molecular weight excluding hydrogens is 243 g/mol. The van der Waals surface area contributed by atoms with E-state index in [-0.39, 0.29) is 5.95 Å². The summed E-state index contributed by atoms with van der Waals surface area (Å²) in [5, 5.41) is 0. The van der Waals surface area contributed by atoms with Crippen molar-refractivity contribution in [2.24, 2.45) is 0 Å². The van der Waals surface area contributed by atoms with Crippen LogP contribution in [0, 0.1) is 0 Å². The third-order valence-corrected chi connectivity index (χ3v) is 2.10. The first-order valence-electron chi connectivity index (χ1n) is 4.84. The largest absolute Gasteiger partial charge is 0.750 e. The van der Waals surface area contributed by atoms with Crippen molar-refractivity contribution in [2.45, 2.75) is 13.3 Å². The fourth-order valence-corrected chi connectivity index (χ4v) is 1.40.